The molecule has 4 rings (SSSR count). The van der Waals surface area contributed by atoms with E-state index in [1.807, 2.05) is 0 Å². The van der Waals surface area contributed by atoms with Crippen molar-refractivity contribution in [2.75, 3.05) is 19.7 Å². The van der Waals surface area contributed by atoms with Crippen LogP contribution in [0.2, 0.25) is 0 Å². The van der Waals surface area contributed by atoms with E-state index in [0.717, 1.165) is 24.3 Å². The lowest BCUT2D eigenvalue weighted by molar-refractivity contribution is -0.142. The van der Waals surface area contributed by atoms with Gasteiger partial charge in [-0.05, 0) is 68.6 Å². The van der Waals surface area contributed by atoms with Gasteiger partial charge in [-0.3, -0.25) is 4.79 Å². The summed E-state index contributed by atoms with van der Waals surface area (Å²) < 4.78 is 4.84. The van der Waals surface area contributed by atoms with Crippen molar-refractivity contribution in [1.29, 1.82) is 0 Å². The van der Waals surface area contributed by atoms with Crippen LogP contribution in [0.1, 0.15) is 51.9 Å². The number of esters is 1. The van der Waals surface area contributed by atoms with Crippen molar-refractivity contribution in [2.24, 2.45) is 23.2 Å². The summed E-state index contributed by atoms with van der Waals surface area (Å²) >= 11 is 0. The van der Waals surface area contributed by atoms with Crippen molar-refractivity contribution in [2.45, 2.75) is 51.9 Å². The van der Waals surface area contributed by atoms with E-state index >= 15 is 0 Å². The first-order valence-electron chi connectivity index (χ1n) is 8.76. The molecular weight excluding hydrogens is 280 g/mol. The molecule has 0 unspecified atom stereocenters. The lowest BCUT2D eigenvalue weighted by Crippen LogP contribution is -2.52. The molecule has 4 saturated carbocycles. The van der Waals surface area contributed by atoms with Crippen molar-refractivity contribution in [3.8, 4) is 0 Å². The van der Waals surface area contributed by atoms with Gasteiger partial charge in [0.25, 0.3) is 0 Å². The summed E-state index contributed by atoms with van der Waals surface area (Å²) in [5.74, 6) is 2.45. The Kier molecular flexibility index (Phi) is 4.59. The number of rotatable bonds is 6. The van der Waals surface area contributed by atoms with E-state index in [1.54, 1.807) is 6.92 Å². The van der Waals surface area contributed by atoms with Gasteiger partial charge in [0, 0.05) is 13.1 Å². The highest BCUT2D eigenvalue weighted by Gasteiger charge is 2.50. The molecule has 0 radical (unpaired) electrons. The largest absolute Gasteiger partial charge is 0.466 e. The van der Waals surface area contributed by atoms with Gasteiger partial charge < -0.3 is 15.4 Å². The standard InChI is InChI=1S/C17H28N2O3/c1-2-22-15(20)3-4-18-16(21)19-11-17-8-12-5-13(9-17)7-14(6-12)10-17/h12-14H,2-11H2,1H3,(H2,18,19,21). The number of hydrogen-bond acceptors (Lipinski definition) is 3. The molecule has 0 spiro atoms. The van der Waals surface area contributed by atoms with E-state index in [0.29, 0.717) is 18.6 Å². The summed E-state index contributed by atoms with van der Waals surface area (Å²) in [4.78, 5) is 23.1. The molecule has 5 nitrogen and oxygen atoms in total. The first kappa shape index (κ1) is 15.6. The van der Waals surface area contributed by atoms with Gasteiger partial charge >= 0.3 is 12.0 Å². The fourth-order valence-electron chi connectivity index (χ4n) is 5.35. The van der Waals surface area contributed by atoms with Crippen LogP contribution in [0.25, 0.3) is 0 Å². The van der Waals surface area contributed by atoms with Gasteiger partial charge in [0.15, 0.2) is 0 Å². The molecule has 124 valence electrons. The molecule has 2 N–H and O–H groups in total. The van der Waals surface area contributed by atoms with Crippen LogP contribution in [0.5, 0.6) is 0 Å². The Labute approximate surface area is 132 Å². The highest BCUT2D eigenvalue weighted by molar-refractivity contribution is 5.75. The molecule has 0 aliphatic heterocycles. The molecule has 0 aromatic carbocycles. The number of carbonyl (C=O) groups excluding carboxylic acids is 2. The average Bonchev–Trinajstić information content (AvgIpc) is 2.44. The molecular formula is C17H28N2O3. The fraction of sp³-hybridized carbons (Fsp3) is 0.882. The third-order valence-electron chi connectivity index (χ3n) is 5.71. The molecule has 4 aliphatic carbocycles. The van der Waals surface area contributed by atoms with Crippen LogP contribution < -0.4 is 10.6 Å². The van der Waals surface area contributed by atoms with Gasteiger partial charge in [-0.15, -0.1) is 0 Å². The van der Waals surface area contributed by atoms with Gasteiger partial charge in [0.1, 0.15) is 0 Å². The van der Waals surface area contributed by atoms with E-state index in [1.165, 1.54) is 38.5 Å². The second-order valence-corrected chi connectivity index (χ2v) is 7.58. The smallest absolute Gasteiger partial charge is 0.314 e. The molecule has 0 aromatic rings. The highest BCUT2D eigenvalue weighted by atomic mass is 16.5. The minimum Gasteiger partial charge on any atom is -0.466 e. The lowest BCUT2D eigenvalue weighted by Gasteiger charge is -2.56. The van der Waals surface area contributed by atoms with Crippen molar-refractivity contribution in [3.63, 3.8) is 0 Å². The maximum absolute atomic E-state index is 11.9. The predicted molar refractivity (Wildman–Crippen MR) is 83.3 cm³/mol. The zero-order chi connectivity index (χ0) is 15.6. The second-order valence-electron chi connectivity index (χ2n) is 7.58. The summed E-state index contributed by atoms with van der Waals surface area (Å²) in [6.45, 7) is 3.30. The molecule has 4 bridgehead atoms. The minimum atomic E-state index is -0.260. The van der Waals surface area contributed by atoms with Crippen LogP contribution in [0.4, 0.5) is 4.79 Å². The van der Waals surface area contributed by atoms with Crippen molar-refractivity contribution < 1.29 is 14.3 Å². The summed E-state index contributed by atoms with van der Waals surface area (Å²) in [7, 11) is 0. The normalized spacial score (nSPS) is 35.2. The Bertz CT molecular complexity index is 400. The summed E-state index contributed by atoms with van der Waals surface area (Å²) in [6, 6.07) is -0.153. The maximum atomic E-state index is 11.9. The van der Waals surface area contributed by atoms with E-state index in [9.17, 15) is 9.59 Å². The van der Waals surface area contributed by atoms with Crippen LogP contribution in [0.15, 0.2) is 0 Å². The Morgan fingerprint density at radius 2 is 1.64 bits per heavy atom. The summed E-state index contributed by atoms with van der Waals surface area (Å²) in [5, 5.41) is 5.80. The SMILES string of the molecule is CCOC(=O)CCNC(=O)NCC12CC3CC(CC(C3)C1)C2. The quantitative estimate of drug-likeness (QED) is 0.741. The number of urea groups is 1. The zero-order valence-electron chi connectivity index (χ0n) is 13.5. The zero-order valence-corrected chi connectivity index (χ0v) is 13.5. The van der Waals surface area contributed by atoms with E-state index in [-0.39, 0.29) is 18.4 Å². The van der Waals surface area contributed by atoms with Gasteiger partial charge in [0.05, 0.1) is 13.0 Å². The van der Waals surface area contributed by atoms with Crippen molar-refractivity contribution in [1.82, 2.24) is 10.6 Å². The first-order valence-corrected chi connectivity index (χ1v) is 8.76. The van der Waals surface area contributed by atoms with Gasteiger partial charge in [-0.1, -0.05) is 0 Å². The van der Waals surface area contributed by atoms with Crippen LogP contribution in [0, 0.1) is 23.2 Å². The topological polar surface area (TPSA) is 67.4 Å². The number of amides is 2. The number of hydrogen-bond donors (Lipinski definition) is 2. The van der Waals surface area contributed by atoms with Crippen LogP contribution in [-0.2, 0) is 9.53 Å². The third-order valence-corrected chi connectivity index (χ3v) is 5.71. The molecule has 0 heterocycles. The van der Waals surface area contributed by atoms with E-state index < -0.39 is 0 Å². The average molecular weight is 308 g/mol. The molecule has 0 saturated heterocycles. The Morgan fingerprint density at radius 3 is 2.18 bits per heavy atom. The monoisotopic (exact) mass is 308 g/mol. The van der Waals surface area contributed by atoms with E-state index in [2.05, 4.69) is 10.6 Å². The molecule has 4 fully saturated rings. The third kappa shape index (κ3) is 3.55. The number of nitrogens with one attached hydrogen (secondary N) is 2. The summed E-state index contributed by atoms with van der Waals surface area (Å²) in [6.07, 6.45) is 8.38. The lowest BCUT2D eigenvalue weighted by atomic mass is 9.49. The Balaban J connectivity index is 1.39. The van der Waals surface area contributed by atoms with Gasteiger partial charge in [-0.25, -0.2) is 4.79 Å². The second kappa shape index (κ2) is 6.47. The molecule has 22 heavy (non-hydrogen) atoms. The summed E-state index contributed by atoms with van der Waals surface area (Å²) in [5.41, 5.74) is 0.354. The fourth-order valence-corrected chi connectivity index (χ4v) is 5.35. The Hall–Kier alpha value is -1.26. The molecule has 4 aliphatic rings. The number of carbonyl (C=O) groups is 2. The number of ether oxygens (including phenoxy) is 1. The van der Waals surface area contributed by atoms with Crippen molar-refractivity contribution >= 4 is 12.0 Å². The predicted octanol–water partition coefficient (Wildman–Crippen LogP) is 2.46. The van der Waals surface area contributed by atoms with Crippen LogP contribution in [0.3, 0.4) is 0 Å². The molecule has 5 heteroatoms. The van der Waals surface area contributed by atoms with Crippen LogP contribution in [-0.4, -0.2) is 31.7 Å². The van der Waals surface area contributed by atoms with Crippen molar-refractivity contribution in [3.05, 3.63) is 0 Å². The maximum Gasteiger partial charge on any atom is 0.314 e. The van der Waals surface area contributed by atoms with E-state index in [4.69, 9.17) is 4.74 Å². The van der Waals surface area contributed by atoms with Gasteiger partial charge in [-0.2, -0.15) is 0 Å². The van der Waals surface area contributed by atoms with Gasteiger partial charge in [0.2, 0.25) is 0 Å². The Morgan fingerprint density at radius 1 is 1.05 bits per heavy atom. The minimum absolute atomic E-state index is 0.153. The first-order chi connectivity index (χ1) is 10.6. The highest BCUT2D eigenvalue weighted by Crippen LogP contribution is 2.59. The molecule has 0 aromatic heterocycles. The molecule has 2 amide bonds. The molecule has 0 atom stereocenters. The van der Waals surface area contributed by atoms with Crippen LogP contribution >= 0.6 is 0 Å².